The number of rotatable bonds is 4. The van der Waals surface area contributed by atoms with Crippen molar-refractivity contribution in [2.24, 2.45) is 76.4 Å². The highest BCUT2D eigenvalue weighted by Crippen LogP contribution is 2.37. The molecule has 0 fully saturated rings. The summed E-state index contributed by atoms with van der Waals surface area (Å²) < 4.78 is 16.7. The lowest BCUT2D eigenvalue weighted by atomic mass is 10.0. The first kappa shape index (κ1) is 31.4. The number of allylic oxidation sites excluding steroid dienone is 12. The van der Waals surface area contributed by atoms with Gasteiger partial charge in [-0.05, 0) is 48.6 Å². The van der Waals surface area contributed by atoms with Crippen LogP contribution in [0.25, 0.3) is 22.3 Å². The molecule has 256 valence electrons. The Morgan fingerprint density at radius 3 is 0.731 bits per heavy atom. The molecule has 8 bridgehead atoms. The summed E-state index contributed by atoms with van der Waals surface area (Å²) >= 11 is 0. The van der Waals surface area contributed by atoms with E-state index in [4.69, 9.17) is 20.0 Å². The molecule has 9 rings (SSSR count). The van der Waals surface area contributed by atoms with Crippen molar-refractivity contribution in [3.63, 3.8) is 0 Å². The fourth-order valence-corrected chi connectivity index (χ4v) is 7.71. The second kappa shape index (κ2) is 11.5. The fraction of sp³-hybridized carbons (Fsp3) is 0.200. The summed E-state index contributed by atoms with van der Waals surface area (Å²) in [7, 11) is 16.4. The summed E-state index contributed by atoms with van der Waals surface area (Å²) in [6.07, 6.45) is 33.5. The highest BCUT2D eigenvalue weighted by atomic mass is 15.1. The molecular weight excluding hydrogens is 649 g/mol. The molecule has 0 saturated heterocycles. The molecule has 5 aliphatic rings. The predicted molar refractivity (Wildman–Crippen MR) is 200 cm³/mol. The van der Waals surface area contributed by atoms with Gasteiger partial charge < -0.3 is 0 Å². The van der Waals surface area contributed by atoms with Gasteiger partial charge >= 0.3 is 0 Å². The minimum Gasteiger partial charge on any atom is -0.247 e. The van der Waals surface area contributed by atoms with Crippen LogP contribution >= 0.6 is 0 Å². The lowest BCUT2D eigenvalue weighted by molar-refractivity contribution is -0.671. The molecule has 0 atom stereocenters. The Bertz CT molecular complexity index is 2310. The average Bonchev–Trinajstić information content (AvgIpc) is 3.93. The molecule has 12 heteroatoms. The van der Waals surface area contributed by atoms with E-state index < -0.39 is 0 Å². The first-order valence-electron chi connectivity index (χ1n) is 17.2. The number of hydrogen-bond acceptors (Lipinski definition) is 4. The minimum atomic E-state index is 0.834. The zero-order valence-corrected chi connectivity index (χ0v) is 30.6. The van der Waals surface area contributed by atoms with Crippen LogP contribution < -0.4 is 18.3 Å². The molecule has 0 unspecified atom stereocenters. The zero-order valence-electron chi connectivity index (χ0n) is 30.6. The summed E-state index contributed by atoms with van der Waals surface area (Å²) in [5.41, 5.74) is 14.5. The molecule has 0 spiro atoms. The van der Waals surface area contributed by atoms with Gasteiger partial charge in [0.05, 0.1) is 124 Å². The van der Waals surface area contributed by atoms with Crippen molar-refractivity contribution < 1.29 is 18.3 Å². The Balaban J connectivity index is 1.40. The lowest BCUT2D eigenvalue weighted by Crippen LogP contribution is -2.23. The van der Waals surface area contributed by atoms with E-state index in [-0.39, 0.29) is 0 Å². The Kier molecular flexibility index (Phi) is 6.94. The van der Waals surface area contributed by atoms with Crippen molar-refractivity contribution in [2.45, 2.75) is 0 Å². The molecule has 9 heterocycles. The molecule has 0 N–H and O–H groups in total. The largest absolute Gasteiger partial charge is 0.247 e. The van der Waals surface area contributed by atoms with Crippen molar-refractivity contribution in [3.05, 3.63) is 144 Å². The number of fused-ring (bicyclic) bond motifs is 4. The predicted octanol–water partition coefficient (Wildman–Crippen LogP) is 2.34. The molecule has 52 heavy (non-hydrogen) atoms. The Labute approximate surface area is 301 Å². The maximum Gasteiger partial charge on any atom is 0.243 e. The summed E-state index contributed by atoms with van der Waals surface area (Å²) in [6.45, 7) is 0. The average molecular weight is 689 g/mol. The van der Waals surface area contributed by atoms with E-state index >= 15 is 0 Å². The van der Waals surface area contributed by atoms with Gasteiger partial charge in [-0.3, -0.25) is 0 Å². The number of aliphatic imine (C=N–C) groups is 4. The standard InChI is InChI=1S/C40H40N12/c1-45-17-33(49(5)21-45)37-25-9-11-27(41-25)38(34-18-46(2)22-50(34)6)29-13-15-31(43-29)40(36-20-48(4)24-52(36)8)32-16-14-30(44-32)39(28-12-10-26(37)42-28)35-19-47(3)23-51(35)7/h9-24H,1-8H3/q+4. The molecule has 4 aromatic rings. The number of aromatic nitrogens is 8. The second-order valence-corrected chi connectivity index (χ2v) is 14.0. The lowest BCUT2D eigenvalue weighted by Gasteiger charge is -2.09. The molecule has 0 aromatic carbocycles. The van der Waals surface area contributed by atoms with Gasteiger partial charge in [-0.25, -0.2) is 56.5 Å². The second-order valence-electron chi connectivity index (χ2n) is 14.0. The van der Waals surface area contributed by atoms with Gasteiger partial charge in [-0.2, -0.15) is 0 Å². The Morgan fingerprint density at radius 1 is 0.346 bits per heavy atom. The van der Waals surface area contributed by atoms with Crippen LogP contribution in [0.15, 0.2) is 141 Å². The zero-order chi connectivity index (χ0) is 36.0. The van der Waals surface area contributed by atoms with Crippen LogP contribution in [0, 0.1) is 0 Å². The monoisotopic (exact) mass is 688 g/mol. The van der Waals surface area contributed by atoms with Crippen molar-refractivity contribution in [1.29, 1.82) is 0 Å². The van der Waals surface area contributed by atoms with Gasteiger partial charge in [0.1, 0.15) is 24.8 Å². The van der Waals surface area contributed by atoms with Crippen LogP contribution in [0.2, 0.25) is 0 Å². The van der Waals surface area contributed by atoms with E-state index in [1.807, 2.05) is 28.2 Å². The van der Waals surface area contributed by atoms with Crippen LogP contribution in [0.1, 0.15) is 22.8 Å². The van der Waals surface area contributed by atoms with Crippen molar-refractivity contribution >= 4 is 45.1 Å². The number of imidazole rings is 4. The smallest absolute Gasteiger partial charge is 0.243 e. The SMILES string of the molecule is Cn1c[n+](C)cc1C1=C2C=CC(=N2)C(c2c[n+](C)cn2C)=C2C=CC(=N2)C(c2c[n+](C)cn2C)=C2C=CC(=N2)C(c2c[n+](C)cn2C)=C2C=CC1=N2. The maximum absolute atomic E-state index is 5.38. The maximum atomic E-state index is 5.38. The van der Waals surface area contributed by atoms with Gasteiger partial charge in [-0.1, -0.05) is 0 Å². The van der Waals surface area contributed by atoms with Crippen LogP contribution in [-0.2, 0) is 56.4 Å². The van der Waals surface area contributed by atoms with E-state index in [0.717, 1.165) is 90.7 Å². The topological polar surface area (TPSA) is 84.7 Å². The van der Waals surface area contributed by atoms with Gasteiger partial charge in [0, 0.05) is 0 Å². The molecule has 5 aliphatic heterocycles. The first-order valence-corrected chi connectivity index (χ1v) is 17.2. The minimum absolute atomic E-state index is 0.834. The van der Waals surface area contributed by atoms with E-state index in [2.05, 4.69) is 163 Å². The van der Waals surface area contributed by atoms with E-state index in [1.165, 1.54) is 0 Å². The van der Waals surface area contributed by atoms with Crippen LogP contribution in [0.3, 0.4) is 0 Å². The fourth-order valence-electron chi connectivity index (χ4n) is 7.71. The van der Waals surface area contributed by atoms with Crippen molar-refractivity contribution in [2.75, 3.05) is 0 Å². The van der Waals surface area contributed by atoms with Gasteiger partial charge in [0.25, 0.3) is 0 Å². The van der Waals surface area contributed by atoms with Crippen LogP contribution in [0.4, 0.5) is 0 Å². The van der Waals surface area contributed by atoms with Crippen molar-refractivity contribution in [3.8, 4) is 0 Å². The molecule has 0 amide bonds. The number of hydrogen-bond donors (Lipinski definition) is 0. The Hall–Kier alpha value is -6.56. The van der Waals surface area contributed by atoms with Gasteiger partial charge in [-0.15, -0.1) is 0 Å². The van der Waals surface area contributed by atoms with E-state index in [1.54, 1.807) is 0 Å². The quantitative estimate of drug-likeness (QED) is 0.295. The van der Waals surface area contributed by atoms with Crippen LogP contribution in [-0.4, -0.2) is 41.1 Å². The third-order valence-corrected chi connectivity index (χ3v) is 9.88. The highest BCUT2D eigenvalue weighted by molar-refractivity contribution is 6.39. The van der Waals surface area contributed by atoms with Gasteiger partial charge in [0.2, 0.25) is 25.3 Å². The van der Waals surface area contributed by atoms with Crippen molar-refractivity contribution in [1.82, 2.24) is 18.3 Å². The summed E-state index contributed by atoms with van der Waals surface area (Å²) in [6, 6.07) is 0. The van der Waals surface area contributed by atoms with Crippen LogP contribution in [0.5, 0.6) is 0 Å². The third kappa shape index (κ3) is 4.97. The summed E-state index contributed by atoms with van der Waals surface area (Å²) in [5, 5.41) is 0. The summed E-state index contributed by atoms with van der Waals surface area (Å²) in [4.78, 5) is 21.5. The normalized spacial score (nSPS) is 17.8. The molecule has 12 nitrogen and oxygen atoms in total. The van der Waals surface area contributed by atoms with Gasteiger partial charge in [0.15, 0.2) is 22.8 Å². The number of aryl methyl sites for hydroxylation is 8. The molecule has 0 saturated carbocycles. The first-order chi connectivity index (χ1) is 25.0. The molecule has 0 radical (unpaired) electrons. The van der Waals surface area contributed by atoms with E-state index in [0.29, 0.717) is 0 Å². The highest BCUT2D eigenvalue weighted by Gasteiger charge is 2.33. The Morgan fingerprint density at radius 2 is 0.558 bits per heavy atom. The van der Waals surface area contributed by atoms with E-state index in [9.17, 15) is 0 Å². The molecule has 4 aromatic heterocycles. The molecule has 0 aliphatic carbocycles. The summed E-state index contributed by atoms with van der Waals surface area (Å²) in [5.74, 6) is 0. The molecular formula is C40H40N12+4. The third-order valence-electron chi connectivity index (χ3n) is 9.88. The number of nitrogens with zero attached hydrogens (tertiary/aromatic N) is 12.